The molecule has 0 aliphatic rings. The lowest BCUT2D eigenvalue weighted by Crippen LogP contribution is -2.20. The van der Waals surface area contributed by atoms with Gasteiger partial charge in [-0.05, 0) is 54.4 Å². The molecule has 0 fully saturated rings. The van der Waals surface area contributed by atoms with Crippen LogP contribution in [-0.2, 0) is 17.9 Å². The van der Waals surface area contributed by atoms with Crippen LogP contribution in [0.3, 0.4) is 0 Å². The summed E-state index contributed by atoms with van der Waals surface area (Å²) < 4.78 is 18.4. The summed E-state index contributed by atoms with van der Waals surface area (Å²) in [4.78, 5) is 12.0. The molecule has 0 aromatic heterocycles. The van der Waals surface area contributed by atoms with Crippen molar-refractivity contribution < 1.29 is 13.9 Å². The molecule has 0 saturated carbocycles. The van der Waals surface area contributed by atoms with E-state index in [4.69, 9.17) is 4.74 Å². The summed E-state index contributed by atoms with van der Waals surface area (Å²) in [5, 5.41) is 6.11. The SMILES string of the molecule is Cc1ccc(NC(=O)COc2ccc(CNCc3ccc(F)cc3)cc2)cc1. The standard InChI is InChI=1S/C23H23FN2O2/c1-17-2-10-21(11-3-17)26-23(27)16-28-22-12-6-19(7-13-22)15-25-14-18-4-8-20(24)9-5-18/h2-13,25H,14-16H2,1H3,(H,26,27). The molecule has 0 unspecified atom stereocenters. The van der Waals surface area contributed by atoms with Crippen molar-refractivity contribution in [2.24, 2.45) is 0 Å². The highest BCUT2D eigenvalue weighted by Gasteiger charge is 2.04. The van der Waals surface area contributed by atoms with Gasteiger partial charge in [-0.15, -0.1) is 0 Å². The minimum Gasteiger partial charge on any atom is -0.484 e. The van der Waals surface area contributed by atoms with Gasteiger partial charge in [-0.3, -0.25) is 4.79 Å². The van der Waals surface area contributed by atoms with Gasteiger partial charge in [0.05, 0.1) is 0 Å². The van der Waals surface area contributed by atoms with Crippen molar-refractivity contribution in [2.75, 3.05) is 11.9 Å². The van der Waals surface area contributed by atoms with E-state index >= 15 is 0 Å². The molecule has 3 aromatic carbocycles. The quantitative estimate of drug-likeness (QED) is 0.609. The van der Waals surface area contributed by atoms with Gasteiger partial charge in [-0.2, -0.15) is 0 Å². The number of halogens is 1. The lowest BCUT2D eigenvalue weighted by Gasteiger charge is -2.09. The number of anilines is 1. The summed E-state index contributed by atoms with van der Waals surface area (Å²) in [6, 6.07) is 21.6. The van der Waals surface area contributed by atoms with Gasteiger partial charge in [-0.25, -0.2) is 4.39 Å². The van der Waals surface area contributed by atoms with E-state index in [1.54, 1.807) is 12.1 Å². The van der Waals surface area contributed by atoms with Gasteiger partial charge in [0.25, 0.3) is 5.91 Å². The first-order valence-corrected chi connectivity index (χ1v) is 9.12. The predicted octanol–water partition coefficient (Wildman–Crippen LogP) is 4.44. The number of carbonyl (C=O) groups is 1. The van der Waals surface area contributed by atoms with Crippen LogP contribution in [0.2, 0.25) is 0 Å². The Hall–Kier alpha value is -3.18. The Morgan fingerprint density at radius 3 is 2.04 bits per heavy atom. The number of rotatable bonds is 8. The average Bonchev–Trinajstić information content (AvgIpc) is 2.71. The number of nitrogens with one attached hydrogen (secondary N) is 2. The fraction of sp³-hybridized carbons (Fsp3) is 0.174. The predicted molar refractivity (Wildman–Crippen MR) is 109 cm³/mol. The van der Waals surface area contributed by atoms with Crippen LogP contribution in [-0.4, -0.2) is 12.5 Å². The molecular weight excluding hydrogens is 355 g/mol. The second-order valence-electron chi connectivity index (χ2n) is 6.58. The highest BCUT2D eigenvalue weighted by molar-refractivity contribution is 5.91. The zero-order chi connectivity index (χ0) is 19.8. The highest BCUT2D eigenvalue weighted by atomic mass is 19.1. The van der Waals surface area contributed by atoms with Crippen LogP contribution in [0.25, 0.3) is 0 Å². The number of hydrogen-bond acceptors (Lipinski definition) is 3. The second kappa shape index (κ2) is 9.67. The first-order valence-electron chi connectivity index (χ1n) is 9.12. The summed E-state index contributed by atoms with van der Waals surface area (Å²) in [5.41, 5.74) is 4.02. The first kappa shape index (κ1) is 19.6. The lowest BCUT2D eigenvalue weighted by atomic mass is 10.2. The van der Waals surface area contributed by atoms with Gasteiger partial charge in [0.1, 0.15) is 11.6 Å². The Balaban J connectivity index is 1.40. The number of amides is 1. The van der Waals surface area contributed by atoms with Gasteiger partial charge in [0.2, 0.25) is 0 Å². The van der Waals surface area contributed by atoms with Crippen molar-refractivity contribution in [2.45, 2.75) is 20.0 Å². The maximum Gasteiger partial charge on any atom is 0.262 e. The highest BCUT2D eigenvalue weighted by Crippen LogP contribution is 2.13. The Morgan fingerprint density at radius 2 is 1.43 bits per heavy atom. The van der Waals surface area contributed by atoms with Crippen LogP contribution in [0.5, 0.6) is 5.75 Å². The largest absolute Gasteiger partial charge is 0.484 e. The summed E-state index contributed by atoms with van der Waals surface area (Å²) in [6.45, 7) is 3.30. The van der Waals surface area contributed by atoms with E-state index in [0.717, 1.165) is 22.4 Å². The molecule has 5 heteroatoms. The van der Waals surface area contributed by atoms with Crippen molar-refractivity contribution >= 4 is 11.6 Å². The molecule has 0 heterocycles. The summed E-state index contributed by atoms with van der Waals surface area (Å²) in [7, 11) is 0. The van der Waals surface area contributed by atoms with Crippen LogP contribution in [0.1, 0.15) is 16.7 Å². The molecule has 0 atom stereocenters. The van der Waals surface area contributed by atoms with E-state index in [-0.39, 0.29) is 18.3 Å². The minimum atomic E-state index is -0.230. The number of hydrogen-bond donors (Lipinski definition) is 2. The Morgan fingerprint density at radius 1 is 0.857 bits per heavy atom. The van der Waals surface area contributed by atoms with Crippen LogP contribution in [0.4, 0.5) is 10.1 Å². The fourth-order valence-corrected chi connectivity index (χ4v) is 2.64. The van der Waals surface area contributed by atoms with Crippen LogP contribution in [0, 0.1) is 12.7 Å². The summed E-state index contributed by atoms with van der Waals surface area (Å²) in [5.74, 6) is 0.210. The van der Waals surface area contributed by atoms with Crippen LogP contribution < -0.4 is 15.4 Å². The summed E-state index contributed by atoms with van der Waals surface area (Å²) in [6.07, 6.45) is 0. The van der Waals surface area contributed by atoms with Crippen molar-refractivity contribution in [3.05, 3.63) is 95.3 Å². The lowest BCUT2D eigenvalue weighted by molar-refractivity contribution is -0.118. The van der Waals surface area contributed by atoms with E-state index < -0.39 is 0 Å². The second-order valence-corrected chi connectivity index (χ2v) is 6.58. The number of ether oxygens (including phenoxy) is 1. The number of aryl methyl sites for hydroxylation is 1. The van der Waals surface area contributed by atoms with E-state index in [9.17, 15) is 9.18 Å². The molecule has 3 rings (SSSR count). The third kappa shape index (κ3) is 6.21. The first-order chi connectivity index (χ1) is 13.6. The zero-order valence-corrected chi connectivity index (χ0v) is 15.7. The maximum absolute atomic E-state index is 12.9. The Bertz CT molecular complexity index is 891. The van der Waals surface area contributed by atoms with Crippen molar-refractivity contribution in [3.63, 3.8) is 0 Å². The molecule has 144 valence electrons. The molecule has 0 aliphatic carbocycles. The molecule has 3 aromatic rings. The molecule has 4 nitrogen and oxygen atoms in total. The molecular formula is C23H23FN2O2. The summed E-state index contributed by atoms with van der Waals surface area (Å²) >= 11 is 0. The van der Waals surface area contributed by atoms with Crippen molar-refractivity contribution in [1.29, 1.82) is 0 Å². The molecule has 0 bridgehead atoms. The van der Waals surface area contributed by atoms with Gasteiger partial charge in [-0.1, -0.05) is 42.0 Å². The molecule has 0 spiro atoms. The third-order valence-corrected chi connectivity index (χ3v) is 4.20. The third-order valence-electron chi connectivity index (χ3n) is 4.20. The topological polar surface area (TPSA) is 50.4 Å². The Kier molecular flexibility index (Phi) is 6.76. The molecule has 0 radical (unpaired) electrons. The van der Waals surface area contributed by atoms with Crippen LogP contribution in [0.15, 0.2) is 72.8 Å². The van der Waals surface area contributed by atoms with Crippen molar-refractivity contribution in [3.8, 4) is 5.75 Å². The van der Waals surface area contributed by atoms with Gasteiger partial charge in [0, 0.05) is 18.8 Å². The van der Waals surface area contributed by atoms with Gasteiger partial charge in [0.15, 0.2) is 6.61 Å². The smallest absolute Gasteiger partial charge is 0.262 e. The Labute approximate surface area is 164 Å². The molecule has 0 saturated heterocycles. The number of benzene rings is 3. The van der Waals surface area contributed by atoms with Gasteiger partial charge >= 0.3 is 0 Å². The van der Waals surface area contributed by atoms with E-state index in [2.05, 4.69) is 10.6 Å². The maximum atomic E-state index is 12.9. The zero-order valence-electron chi connectivity index (χ0n) is 15.7. The molecule has 28 heavy (non-hydrogen) atoms. The van der Waals surface area contributed by atoms with E-state index in [0.29, 0.717) is 18.8 Å². The van der Waals surface area contributed by atoms with Crippen LogP contribution >= 0.6 is 0 Å². The number of carbonyl (C=O) groups excluding carboxylic acids is 1. The molecule has 2 N–H and O–H groups in total. The molecule has 1 amide bonds. The van der Waals surface area contributed by atoms with Gasteiger partial charge < -0.3 is 15.4 Å². The average molecular weight is 378 g/mol. The monoisotopic (exact) mass is 378 g/mol. The van der Waals surface area contributed by atoms with E-state index in [1.807, 2.05) is 55.5 Å². The van der Waals surface area contributed by atoms with E-state index in [1.165, 1.54) is 12.1 Å². The normalized spacial score (nSPS) is 10.5. The minimum absolute atomic E-state index is 0.0456. The fourth-order valence-electron chi connectivity index (χ4n) is 2.64. The van der Waals surface area contributed by atoms with Crippen molar-refractivity contribution in [1.82, 2.24) is 5.32 Å². The molecule has 0 aliphatic heterocycles.